The Balaban J connectivity index is 1.86. The van der Waals surface area contributed by atoms with Crippen molar-refractivity contribution >= 4 is 38.3 Å². The molecule has 1 N–H and O–H groups in total. The van der Waals surface area contributed by atoms with Crippen LogP contribution in [0.1, 0.15) is 40.5 Å². The highest BCUT2D eigenvalue weighted by Gasteiger charge is 2.21. The van der Waals surface area contributed by atoms with E-state index in [-0.39, 0.29) is 5.91 Å². The van der Waals surface area contributed by atoms with Crippen molar-refractivity contribution < 1.29 is 19.1 Å². The number of nitrogens with one attached hydrogen (secondary N) is 1. The Kier molecular flexibility index (Phi) is 6.08. The third-order valence-electron chi connectivity index (χ3n) is 4.07. The summed E-state index contributed by atoms with van der Waals surface area (Å²) in [5.74, 6) is -0.118. The van der Waals surface area contributed by atoms with Gasteiger partial charge < -0.3 is 14.8 Å². The number of amides is 1. The van der Waals surface area contributed by atoms with Crippen LogP contribution < -0.4 is 10.1 Å². The molecule has 0 bridgehead atoms. The lowest BCUT2D eigenvalue weighted by Crippen LogP contribution is -2.14. The molecule has 1 heterocycles. The number of anilines is 1. The molecule has 1 aromatic heterocycles. The lowest BCUT2D eigenvalue weighted by molar-refractivity contribution is 0.0604. The number of unbranched alkanes of at least 4 members (excludes halogenated alkanes) is 1. The van der Waals surface area contributed by atoms with Gasteiger partial charge in [-0.1, -0.05) is 37.6 Å². The number of methoxy groups -OCH3 is 1. The molecule has 0 saturated heterocycles. The fourth-order valence-corrected chi connectivity index (χ4v) is 3.76. The van der Waals surface area contributed by atoms with Crippen molar-refractivity contribution in [3.8, 4) is 5.75 Å². The van der Waals surface area contributed by atoms with Crippen LogP contribution in [0.5, 0.6) is 5.75 Å². The van der Waals surface area contributed by atoms with Crippen molar-refractivity contribution in [2.75, 3.05) is 19.0 Å². The van der Waals surface area contributed by atoms with E-state index in [1.165, 1.54) is 18.4 Å². The highest BCUT2D eigenvalue weighted by Crippen LogP contribution is 2.36. The number of carbonyl (C=O) groups excluding carboxylic acids is 2. The van der Waals surface area contributed by atoms with Crippen molar-refractivity contribution in [3.05, 3.63) is 59.7 Å². The second-order valence-corrected chi connectivity index (χ2v) is 7.03. The lowest BCUT2D eigenvalue weighted by Gasteiger charge is -2.08. The number of ether oxygens (including phenoxy) is 2. The molecule has 0 saturated carbocycles. The maximum atomic E-state index is 12.7. The van der Waals surface area contributed by atoms with Gasteiger partial charge in [0.25, 0.3) is 5.91 Å². The quantitative estimate of drug-likeness (QED) is 0.454. The van der Waals surface area contributed by atoms with Crippen LogP contribution in [0.3, 0.4) is 0 Å². The number of esters is 1. The minimum Gasteiger partial charge on any atom is -0.494 e. The van der Waals surface area contributed by atoms with Crippen molar-refractivity contribution in [2.24, 2.45) is 0 Å². The van der Waals surface area contributed by atoms with E-state index in [1.807, 2.05) is 30.3 Å². The fraction of sp³-hybridized carbons (Fsp3) is 0.238. The molecule has 0 unspecified atom stereocenters. The van der Waals surface area contributed by atoms with Gasteiger partial charge in [0.15, 0.2) is 0 Å². The Morgan fingerprint density at radius 1 is 1.11 bits per heavy atom. The van der Waals surface area contributed by atoms with Crippen LogP contribution in [0.2, 0.25) is 0 Å². The lowest BCUT2D eigenvalue weighted by atomic mass is 10.1. The molecular weight excluding hydrogens is 362 g/mol. The summed E-state index contributed by atoms with van der Waals surface area (Å²) in [5.41, 5.74) is 0.846. The van der Waals surface area contributed by atoms with Crippen LogP contribution in [-0.4, -0.2) is 25.6 Å². The van der Waals surface area contributed by atoms with Crippen molar-refractivity contribution in [1.82, 2.24) is 0 Å². The average molecular weight is 383 g/mol. The van der Waals surface area contributed by atoms with Crippen LogP contribution >= 0.6 is 11.3 Å². The molecule has 3 rings (SSSR count). The van der Waals surface area contributed by atoms with Gasteiger partial charge in [0.2, 0.25) is 0 Å². The molecule has 2 aromatic carbocycles. The summed E-state index contributed by atoms with van der Waals surface area (Å²) in [6, 6.07) is 14.5. The maximum Gasteiger partial charge on any atom is 0.341 e. The predicted octanol–water partition coefficient (Wildman–Crippen LogP) is 5.12. The van der Waals surface area contributed by atoms with E-state index < -0.39 is 5.97 Å². The first-order chi connectivity index (χ1) is 13.1. The Hall–Kier alpha value is -2.86. The summed E-state index contributed by atoms with van der Waals surface area (Å²) in [5, 5.41) is 4.09. The number of rotatable bonds is 7. The van der Waals surface area contributed by atoms with Crippen LogP contribution in [0.25, 0.3) is 10.1 Å². The van der Waals surface area contributed by atoms with Crippen molar-refractivity contribution in [1.29, 1.82) is 0 Å². The molecular formula is C21H21NO4S. The molecule has 3 aromatic rings. The zero-order chi connectivity index (χ0) is 19.2. The second kappa shape index (κ2) is 8.68. The van der Waals surface area contributed by atoms with Gasteiger partial charge >= 0.3 is 5.97 Å². The van der Waals surface area contributed by atoms with Crippen LogP contribution in [-0.2, 0) is 4.74 Å². The summed E-state index contributed by atoms with van der Waals surface area (Å²) < 4.78 is 11.5. The fourth-order valence-electron chi connectivity index (χ4n) is 2.67. The molecule has 140 valence electrons. The second-order valence-electron chi connectivity index (χ2n) is 5.98. The number of hydrogen-bond acceptors (Lipinski definition) is 5. The van der Waals surface area contributed by atoms with Gasteiger partial charge in [-0.3, -0.25) is 4.79 Å². The third kappa shape index (κ3) is 4.28. The molecule has 27 heavy (non-hydrogen) atoms. The number of carbonyl (C=O) groups is 2. The van der Waals surface area contributed by atoms with E-state index in [2.05, 4.69) is 12.2 Å². The van der Waals surface area contributed by atoms with Gasteiger partial charge in [-0.25, -0.2) is 4.79 Å². The summed E-state index contributed by atoms with van der Waals surface area (Å²) in [6.07, 6.45) is 2.00. The Morgan fingerprint density at radius 2 is 1.93 bits per heavy atom. The van der Waals surface area contributed by atoms with Crippen molar-refractivity contribution in [2.45, 2.75) is 19.8 Å². The predicted molar refractivity (Wildman–Crippen MR) is 108 cm³/mol. The Labute approximate surface area is 161 Å². The smallest absolute Gasteiger partial charge is 0.341 e. The van der Waals surface area contributed by atoms with E-state index in [9.17, 15) is 9.59 Å². The molecule has 0 atom stereocenters. The van der Waals surface area contributed by atoms with Crippen LogP contribution in [0, 0.1) is 0 Å². The first-order valence-electron chi connectivity index (χ1n) is 8.78. The Bertz CT molecular complexity index is 964. The minimum atomic E-state index is -0.473. The zero-order valence-electron chi connectivity index (χ0n) is 15.3. The summed E-state index contributed by atoms with van der Waals surface area (Å²) in [7, 11) is 1.33. The standard InChI is InChI=1S/C21H21NO4S/c1-3-4-12-26-15-9-7-8-14(13-15)19(23)22-20-18(21(24)25-2)16-10-5-6-11-17(16)27-20/h5-11,13H,3-4,12H2,1-2H3,(H,22,23). The van der Waals surface area contributed by atoms with Crippen LogP contribution in [0.4, 0.5) is 5.00 Å². The summed E-state index contributed by atoms with van der Waals surface area (Å²) >= 11 is 1.35. The number of fused-ring (bicyclic) bond motifs is 1. The summed E-state index contributed by atoms with van der Waals surface area (Å²) in [6.45, 7) is 2.71. The van der Waals surface area contributed by atoms with Crippen LogP contribution in [0.15, 0.2) is 48.5 Å². The highest BCUT2D eigenvalue weighted by atomic mass is 32.1. The third-order valence-corrected chi connectivity index (χ3v) is 5.16. The Morgan fingerprint density at radius 3 is 2.70 bits per heavy atom. The largest absolute Gasteiger partial charge is 0.494 e. The minimum absolute atomic E-state index is 0.298. The number of thiophene rings is 1. The SMILES string of the molecule is CCCCOc1cccc(C(=O)Nc2sc3ccccc3c2C(=O)OC)c1. The van der Waals surface area contributed by atoms with Crippen molar-refractivity contribution in [3.63, 3.8) is 0 Å². The first-order valence-corrected chi connectivity index (χ1v) is 9.59. The van der Waals surface area contributed by atoms with E-state index >= 15 is 0 Å². The van der Waals surface area contributed by atoms with Gasteiger partial charge in [-0.15, -0.1) is 11.3 Å². The van der Waals surface area contributed by atoms with Gasteiger partial charge in [-0.05, 0) is 30.7 Å². The highest BCUT2D eigenvalue weighted by molar-refractivity contribution is 7.23. The van der Waals surface area contributed by atoms with E-state index in [1.54, 1.807) is 18.2 Å². The number of benzene rings is 2. The zero-order valence-corrected chi connectivity index (χ0v) is 16.1. The summed E-state index contributed by atoms with van der Waals surface area (Å²) in [4.78, 5) is 25.0. The van der Waals surface area contributed by atoms with E-state index in [0.29, 0.717) is 28.5 Å². The van der Waals surface area contributed by atoms with Gasteiger partial charge in [0.05, 0.1) is 13.7 Å². The normalized spacial score (nSPS) is 10.6. The molecule has 1 amide bonds. The number of hydrogen-bond donors (Lipinski definition) is 1. The maximum absolute atomic E-state index is 12.7. The monoisotopic (exact) mass is 383 g/mol. The molecule has 0 aliphatic heterocycles. The molecule has 6 heteroatoms. The van der Waals surface area contributed by atoms with Gasteiger partial charge in [-0.2, -0.15) is 0 Å². The topological polar surface area (TPSA) is 64.6 Å². The molecule has 0 radical (unpaired) electrons. The first kappa shape index (κ1) is 18.9. The molecule has 0 spiro atoms. The molecule has 5 nitrogen and oxygen atoms in total. The van der Waals surface area contributed by atoms with E-state index in [4.69, 9.17) is 9.47 Å². The molecule has 0 fully saturated rings. The molecule has 0 aliphatic rings. The van der Waals surface area contributed by atoms with E-state index in [0.717, 1.165) is 22.9 Å². The average Bonchev–Trinajstić information content (AvgIpc) is 3.05. The molecule has 0 aliphatic carbocycles. The van der Waals surface area contributed by atoms with Gasteiger partial charge in [0.1, 0.15) is 16.3 Å². The van der Waals surface area contributed by atoms with Gasteiger partial charge in [0, 0.05) is 15.6 Å².